The van der Waals surface area contributed by atoms with Crippen molar-refractivity contribution < 1.29 is 0 Å². The van der Waals surface area contributed by atoms with Crippen LogP contribution in [0.1, 0.15) is 32.6 Å². The Morgan fingerprint density at radius 2 is 2.13 bits per heavy atom. The summed E-state index contributed by atoms with van der Waals surface area (Å²) in [5.41, 5.74) is 0.348. The van der Waals surface area contributed by atoms with E-state index in [2.05, 4.69) is 33.0 Å². The highest BCUT2D eigenvalue weighted by atomic mass is 35.5. The summed E-state index contributed by atoms with van der Waals surface area (Å²) in [6.45, 7) is 11.1. The Morgan fingerprint density at radius 1 is 1.47 bits per heavy atom. The highest BCUT2D eigenvalue weighted by Gasteiger charge is 2.21. The molecule has 0 fully saturated rings. The van der Waals surface area contributed by atoms with Gasteiger partial charge in [-0.2, -0.15) is 0 Å². The lowest BCUT2D eigenvalue weighted by atomic mass is 9.81. The molecule has 0 saturated heterocycles. The van der Waals surface area contributed by atoms with Crippen LogP contribution < -0.4 is 5.32 Å². The molecule has 0 aromatic carbocycles. The maximum atomic E-state index is 5.86. The lowest BCUT2D eigenvalue weighted by Crippen LogP contribution is -2.32. The fraction of sp³-hybridized carbons (Fsp3) is 0.667. The van der Waals surface area contributed by atoms with Crippen molar-refractivity contribution in [3.63, 3.8) is 0 Å². The molecule has 0 saturated carbocycles. The normalized spacial score (nSPS) is 12.4. The van der Waals surface area contributed by atoms with Crippen molar-refractivity contribution in [2.75, 3.05) is 6.54 Å². The monoisotopic (exact) mass is 245 g/mol. The minimum absolute atomic E-state index is 0.348. The number of nitrogens with one attached hydrogen (secondary N) is 1. The predicted octanol–water partition coefficient (Wildman–Crippen LogP) is 4.17. The summed E-state index contributed by atoms with van der Waals surface area (Å²) in [6, 6.07) is 2.03. The van der Waals surface area contributed by atoms with Crippen LogP contribution in [-0.2, 0) is 6.54 Å². The average Bonchev–Trinajstić information content (AvgIpc) is 2.51. The number of hydrogen-bond acceptors (Lipinski definition) is 2. The summed E-state index contributed by atoms with van der Waals surface area (Å²) in [6.07, 6.45) is 0. The molecule has 0 aliphatic rings. The van der Waals surface area contributed by atoms with Crippen molar-refractivity contribution in [1.29, 1.82) is 0 Å². The van der Waals surface area contributed by atoms with Crippen molar-refractivity contribution in [1.82, 2.24) is 5.32 Å². The fourth-order valence-corrected chi connectivity index (χ4v) is 2.20. The third kappa shape index (κ3) is 4.13. The SMILES string of the molecule is CC(C)C(C)(C)CNCc1cc(Cl)cs1. The van der Waals surface area contributed by atoms with Gasteiger partial charge in [-0.25, -0.2) is 0 Å². The molecule has 0 atom stereocenters. The van der Waals surface area contributed by atoms with Crippen molar-refractivity contribution in [2.45, 2.75) is 34.2 Å². The lowest BCUT2D eigenvalue weighted by molar-refractivity contribution is 0.238. The second-order valence-corrected chi connectivity index (χ2v) is 6.41. The predicted molar refractivity (Wildman–Crippen MR) is 69.7 cm³/mol. The zero-order chi connectivity index (χ0) is 11.5. The highest BCUT2D eigenvalue weighted by Crippen LogP contribution is 2.25. The molecule has 0 bridgehead atoms. The van der Waals surface area contributed by atoms with Crippen LogP contribution in [0.25, 0.3) is 0 Å². The maximum Gasteiger partial charge on any atom is 0.0516 e. The van der Waals surface area contributed by atoms with E-state index in [1.54, 1.807) is 11.3 Å². The zero-order valence-electron chi connectivity index (χ0n) is 9.93. The molecule has 15 heavy (non-hydrogen) atoms. The van der Waals surface area contributed by atoms with E-state index in [1.165, 1.54) is 4.88 Å². The summed E-state index contributed by atoms with van der Waals surface area (Å²) in [5, 5.41) is 6.31. The second-order valence-electron chi connectivity index (χ2n) is 4.98. The number of hydrogen-bond donors (Lipinski definition) is 1. The smallest absolute Gasteiger partial charge is 0.0516 e. The lowest BCUT2D eigenvalue weighted by Gasteiger charge is -2.29. The molecule has 1 rings (SSSR count). The van der Waals surface area contributed by atoms with Gasteiger partial charge in [0.25, 0.3) is 0 Å². The molecule has 3 heteroatoms. The van der Waals surface area contributed by atoms with E-state index in [9.17, 15) is 0 Å². The third-order valence-corrected chi connectivity index (χ3v) is 4.35. The van der Waals surface area contributed by atoms with Gasteiger partial charge in [0.1, 0.15) is 0 Å². The third-order valence-electron chi connectivity index (χ3n) is 3.06. The standard InChI is InChI=1S/C12H20ClNS/c1-9(2)12(3,4)8-14-6-11-5-10(13)7-15-11/h5,7,9,14H,6,8H2,1-4H3. The Kier molecular flexibility index (Phi) is 4.63. The summed E-state index contributed by atoms with van der Waals surface area (Å²) < 4.78 is 0. The first-order valence-electron chi connectivity index (χ1n) is 5.35. The summed E-state index contributed by atoms with van der Waals surface area (Å²) in [4.78, 5) is 1.31. The Bertz CT molecular complexity index is 304. The van der Waals surface area contributed by atoms with E-state index < -0.39 is 0 Å². The van der Waals surface area contributed by atoms with Crippen molar-refractivity contribution in [3.05, 3.63) is 21.3 Å². The maximum absolute atomic E-state index is 5.86. The summed E-state index contributed by atoms with van der Waals surface area (Å²) in [5.74, 6) is 0.692. The van der Waals surface area contributed by atoms with Crippen LogP contribution in [-0.4, -0.2) is 6.54 Å². The van der Waals surface area contributed by atoms with Gasteiger partial charge >= 0.3 is 0 Å². The zero-order valence-corrected chi connectivity index (χ0v) is 11.5. The molecular formula is C12H20ClNS. The summed E-state index contributed by atoms with van der Waals surface area (Å²) in [7, 11) is 0. The first kappa shape index (κ1) is 13.0. The van der Waals surface area contributed by atoms with Gasteiger partial charge in [0.15, 0.2) is 0 Å². The fourth-order valence-electron chi connectivity index (χ4n) is 1.16. The molecule has 1 nitrogen and oxygen atoms in total. The first-order valence-corrected chi connectivity index (χ1v) is 6.61. The molecule has 0 unspecified atom stereocenters. The summed E-state index contributed by atoms with van der Waals surface area (Å²) >= 11 is 7.58. The molecule has 1 aromatic rings. The van der Waals surface area contributed by atoms with Gasteiger partial charge in [-0.05, 0) is 17.4 Å². The number of halogens is 1. The minimum atomic E-state index is 0.348. The van der Waals surface area contributed by atoms with Gasteiger partial charge < -0.3 is 5.32 Å². The van der Waals surface area contributed by atoms with Crippen molar-refractivity contribution >= 4 is 22.9 Å². The van der Waals surface area contributed by atoms with Crippen LogP contribution in [0, 0.1) is 11.3 Å². The van der Waals surface area contributed by atoms with E-state index >= 15 is 0 Å². The van der Waals surface area contributed by atoms with Crippen LogP contribution in [0.5, 0.6) is 0 Å². The molecule has 1 heterocycles. The van der Waals surface area contributed by atoms with Gasteiger partial charge in [-0.1, -0.05) is 39.3 Å². The van der Waals surface area contributed by atoms with Gasteiger partial charge in [-0.15, -0.1) is 11.3 Å². The molecule has 86 valence electrons. The molecule has 0 aliphatic heterocycles. The van der Waals surface area contributed by atoms with Crippen LogP contribution in [0.15, 0.2) is 11.4 Å². The van der Waals surface area contributed by atoms with Gasteiger partial charge in [-0.3, -0.25) is 0 Å². The Labute approximate surface area is 102 Å². The topological polar surface area (TPSA) is 12.0 Å². The van der Waals surface area contributed by atoms with Crippen molar-refractivity contribution in [2.24, 2.45) is 11.3 Å². The molecule has 1 aromatic heterocycles. The Morgan fingerprint density at radius 3 is 2.60 bits per heavy atom. The Hall–Kier alpha value is -0.0500. The van der Waals surface area contributed by atoms with Crippen molar-refractivity contribution in [3.8, 4) is 0 Å². The van der Waals surface area contributed by atoms with E-state index in [0.717, 1.165) is 18.1 Å². The molecule has 0 spiro atoms. The first-order chi connectivity index (χ1) is 6.92. The minimum Gasteiger partial charge on any atom is -0.311 e. The largest absolute Gasteiger partial charge is 0.311 e. The number of thiophene rings is 1. The van der Waals surface area contributed by atoms with Gasteiger partial charge in [0.2, 0.25) is 0 Å². The number of rotatable bonds is 5. The van der Waals surface area contributed by atoms with E-state index in [4.69, 9.17) is 11.6 Å². The van der Waals surface area contributed by atoms with Gasteiger partial charge in [0, 0.05) is 23.3 Å². The molecule has 0 aliphatic carbocycles. The van der Waals surface area contributed by atoms with E-state index in [1.807, 2.05) is 11.4 Å². The Balaban J connectivity index is 2.33. The second kappa shape index (κ2) is 5.33. The van der Waals surface area contributed by atoms with E-state index in [-0.39, 0.29) is 0 Å². The van der Waals surface area contributed by atoms with Crippen LogP contribution in [0.4, 0.5) is 0 Å². The molecule has 0 amide bonds. The van der Waals surface area contributed by atoms with Crippen LogP contribution in [0.3, 0.4) is 0 Å². The van der Waals surface area contributed by atoms with E-state index in [0.29, 0.717) is 11.3 Å². The molecule has 0 radical (unpaired) electrons. The highest BCUT2D eigenvalue weighted by molar-refractivity contribution is 7.10. The molecule has 1 N–H and O–H groups in total. The quantitative estimate of drug-likeness (QED) is 0.821. The van der Waals surface area contributed by atoms with Crippen LogP contribution >= 0.6 is 22.9 Å². The van der Waals surface area contributed by atoms with Gasteiger partial charge in [0.05, 0.1) is 5.02 Å². The van der Waals surface area contributed by atoms with Crippen LogP contribution in [0.2, 0.25) is 5.02 Å². The average molecular weight is 246 g/mol. The molecular weight excluding hydrogens is 226 g/mol.